The maximum atomic E-state index is 10.9. The van der Waals surface area contributed by atoms with E-state index >= 15 is 0 Å². The Morgan fingerprint density at radius 3 is 2.56 bits per heavy atom. The molecule has 1 amide bonds. The number of primary amides is 1. The third-order valence-corrected chi connectivity index (χ3v) is 2.38. The standard InChI is InChI=1S/C12H19N3O/c1-8-5-4-6-9(13)11(8)15-12(2,3)7-10(14)16/h4-6,15H,7,13H2,1-3H3,(H2,14,16). The fourth-order valence-electron chi connectivity index (χ4n) is 1.68. The summed E-state index contributed by atoms with van der Waals surface area (Å²) in [6.45, 7) is 5.81. The summed E-state index contributed by atoms with van der Waals surface area (Å²) in [6.07, 6.45) is 0.265. The van der Waals surface area contributed by atoms with Gasteiger partial charge in [0.25, 0.3) is 0 Å². The lowest BCUT2D eigenvalue weighted by molar-refractivity contribution is -0.118. The number of nitrogens with two attached hydrogens (primary N) is 2. The molecule has 0 aromatic heterocycles. The second-order valence-electron chi connectivity index (χ2n) is 4.69. The number of carbonyl (C=O) groups is 1. The number of nitrogen functional groups attached to an aromatic ring is 1. The van der Waals surface area contributed by atoms with Gasteiger partial charge in [0.05, 0.1) is 11.4 Å². The van der Waals surface area contributed by atoms with E-state index in [2.05, 4.69) is 5.32 Å². The summed E-state index contributed by atoms with van der Waals surface area (Å²) < 4.78 is 0. The van der Waals surface area contributed by atoms with Crippen molar-refractivity contribution in [2.45, 2.75) is 32.7 Å². The maximum Gasteiger partial charge on any atom is 0.219 e. The van der Waals surface area contributed by atoms with Gasteiger partial charge in [-0.3, -0.25) is 4.79 Å². The zero-order valence-corrected chi connectivity index (χ0v) is 10.0. The van der Waals surface area contributed by atoms with Crippen LogP contribution in [0, 0.1) is 6.92 Å². The lowest BCUT2D eigenvalue weighted by Gasteiger charge is -2.28. The minimum Gasteiger partial charge on any atom is -0.397 e. The molecule has 1 aromatic carbocycles. The Bertz CT molecular complexity index is 379. The van der Waals surface area contributed by atoms with E-state index < -0.39 is 5.54 Å². The number of benzene rings is 1. The zero-order chi connectivity index (χ0) is 12.3. The number of amides is 1. The summed E-state index contributed by atoms with van der Waals surface area (Å²) in [5.74, 6) is -0.329. The van der Waals surface area contributed by atoms with Crippen LogP contribution in [0.1, 0.15) is 25.8 Å². The first-order chi connectivity index (χ1) is 7.32. The number of hydrogen-bond donors (Lipinski definition) is 3. The highest BCUT2D eigenvalue weighted by molar-refractivity contribution is 5.77. The molecule has 0 radical (unpaired) electrons. The van der Waals surface area contributed by atoms with E-state index in [4.69, 9.17) is 11.5 Å². The van der Waals surface area contributed by atoms with Crippen molar-refractivity contribution in [3.63, 3.8) is 0 Å². The fourth-order valence-corrected chi connectivity index (χ4v) is 1.68. The summed E-state index contributed by atoms with van der Waals surface area (Å²) in [5, 5.41) is 3.26. The molecule has 0 aliphatic rings. The summed E-state index contributed by atoms with van der Waals surface area (Å²) in [5.41, 5.74) is 13.3. The van der Waals surface area contributed by atoms with E-state index in [-0.39, 0.29) is 12.3 Å². The van der Waals surface area contributed by atoms with Gasteiger partial charge in [-0.2, -0.15) is 0 Å². The number of anilines is 2. The van der Waals surface area contributed by atoms with E-state index in [0.717, 1.165) is 11.3 Å². The lowest BCUT2D eigenvalue weighted by atomic mass is 9.98. The minimum atomic E-state index is -0.397. The molecule has 0 fully saturated rings. The van der Waals surface area contributed by atoms with Crippen molar-refractivity contribution in [1.82, 2.24) is 0 Å². The third kappa shape index (κ3) is 3.15. The quantitative estimate of drug-likeness (QED) is 0.676. The molecule has 0 spiro atoms. The normalized spacial score (nSPS) is 11.2. The molecular weight excluding hydrogens is 202 g/mol. The largest absolute Gasteiger partial charge is 0.397 e. The van der Waals surface area contributed by atoms with Gasteiger partial charge in [0.2, 0.25) is 5.91 Å². The van der Waals surface area contributed by atoms with Gasteiger partial charge in [0.15, 0.2) is 0 Å². The van der Waals surface area contributed by atoms with E-state index in [9.17, 15) is 4.79 Å². The minimum absolute atomic E-state index is 0.265. The first-order valence-electron chi connectivity index (χ1n) is 5.23. The first-order valence-corrected chi connectivity index (χ1v) is 5.23. The van der Waals surface area contributed by atoms with Gasteiger partial charge < -0.3 is 16.8 Å². The van der Waals surface area contributed by atoms with Crippen molar-refractivity contribution in [1.29, 1.82) is 0 Å². The molecule has 5 N–H and O–H groups in total. The smallest absolute Gasteiger partial charge is 0.219 e. The highest BCUT2D eigenvalue weighted by Crippen LogP contribution is 2.27. The van der Waals surface area contributed by atoms with Crippen molar-refractivity contribution < 1.29 is 4.79 Å². The van der Waals surface area contributed by atoms with Crippen LogP contribution < -0.4 is 16.8 Å². The number of nitrogens with one attached hydrogen (secondary N) is 1. The number of carbonyl (C=O) groups excluding carboxylic acids is 1. The van der Waals surface area contributed by atoms with E-state index in [1.165, 1.54) is 0 Å². The van der Waals surface area contributed by atoms with E-state index in [0.29, 0.717) is 5.69 Å². The van der Waals surface area contributed by atoms with Crippen molar-refractivity contribution in [2.24, 2.45) is 5.73 Å². The van der Waals surface area contributed by atoms with Crippen molar-refractivity contribution >= 4 is 17.3 Å². The second-order valence-corrected chi connectivity index (χ2v) is 4.69. The lowest BCUT2D eigenvalue weighted by Crippen LogP contribution is -2.36. The van der Waals surface area contributed by atoms with Gasteiger partial charge in [-0.25, -0.2) is 0 Å². The molecule has 16 heavy (non-hydrogen) atoms. The molecule has 1 aromatic rings. The Morgan fingerprint density at radius 1 is 1.44 bits per heavy atom. The summed E-state index contributed by atoms with van der Waals surface area (Å²) in [6, 6.07) is 5.70. The number of hydrogen-bond acceptors (Lipinski definition) is 3. The summed E-state index contributed by atoms with van der Waals surface area (Å²) in [7, 11) is 0. The molecule has 0 bridgehead atoms. The van der Waals surface area contributed by atoms with Crippen LogP contribution in [0.5, 0.6) is 0 Å². The molecule has 0 heterocycles. The number of para-hydroxylation sites is 1. The Balaban J connectivity index is 2.91. The van der Waals surface area contributed by atoms with Crippen LogP contribution >= 0.6 is 0 Å². The third-order valence-electron chi connectivity index (χ3n) is 2.38. The average Bonchev–Trinajstić information content (AvgIpc) is 2.09. The van der Waals surface area contributed by atoms with Crippen LogP contribution in [-0.4, -0.2) is 11.4 Å². The Hall–Kier alpha value is -1.71. The van der Waals surface area contributed by atoms with Crippen LogP contribution in [0.25, 0.3) is 0 Å². The fraction of sp³-hybridized carbons (Fsp3) is 0.417. The van der Waals surface area contributed by atoms with Crippen LogP contribution in [0.3, 0.4) is 0 Å². The molecule has 0 saturated heterocycles. The maximum absolute atomic E-state index is 10.9. The highest BCUT2D eigenvalue weighted by atomic mass is 16.1. The Labute approximate surface area is 96.0 Å². The molecule has 4 heteroatoms. The zero-order valence-electron chi connectivity index (χ0n) is 10.0. The summed E-state index contributed by atoms with van der Waals surface area (Å²) >= 11 is 0. The molecular formula is C12H19N3O. The van der Waals surface area contributed by atoms with E-state index in [1.807, 2.05) is 39.0 Å². The van der Waals surface area contributed by atoms with Crippen LogP contribution in [-0.2, 0) is 4.79 Å². The number of rotatable bonds is 4. The number of aryl methyl sites for hydroxylation is 1. The van der Waals surface area contributed by atoms with Gasteiger partial charge in [-0.05, 0) is 32.4 Å². The van der Waals surface area contributed by atoms with Crippen molar-refractivity contribution in [2.75, 3.05) is 11.1 Å². The van der Waals surface area contributed by atoms with Gasteiger partial charge >= 0.3 is 0 Å². The first kappa shape index (κ1) is 12.4. The predicted molar refractivity (Wildman–Crippen MR) is 67.1 cm³/mol. The van der Waals surface area contributed by atoms with Gasteiger partial charge in [0, 0.05) is 12.0 Å². The highest BCUT2D eigenvalue weighted by Gasteiger charge is 2.21. The average molecular weight is 221 g/mol. The molecule has 0 saturated carbocycles. The Kier molecular flexibility index (Phi) is 3.42. The monoisotopic (exact) mass is 221 g/mol. The van der Waals surface area contributed by atoms with Gasteiger partial charge in [-0.15, -0.1) is 0 Å². The van der Waals surface area contributed by atoms with Crippen LogP contribution in [0.15, 0.2) is 18.2 Å². The van der Waals surface area contributed by atoms with E-state index in [1.54, 1.807) is 0 Å². The molecule has 0 aliphatic heterocycles. The van der Waals surface area contributed by atoms with Gasteiger partial charge in [0.1, 0.15) is 0 Å². The summed E-state index contributed by atoms with van der Waals surface area (Å²) in [4.78, 5) is 10.9. The topological polar surface area (TPSA) is 81.1 Å². The van der Waals surface area contributed by atoms with Crippen LogP contribution in [0.4, 0.5) is 11.4 Å². The molecule has 0 atom stereocenters. The van der Waals surface area contributed by atoms with Crippen molar-refractivity contribution in [3.05, 3.63) is 23.8 Å². The molecule has 88 valence electrons. The SMILES string of the molecule is Cc1cccc(N)c1NC(C)(C)CC(N)=O. The molecule has 4 nitrogen and oxygen atoms in total. The second kappa shape index (κ2) is 4.43. The van der Waals surface area contributed by atoms with Gasteiger partial charge in [-0.1, -0.05) is 12.1 Å². The molecule has 1 rings (SSSR count). The molecule has 0 aliphatic carbocycles. The Morgan fingerprint density at radius 2 is 2.06 bits per heavy atom. The van der Waals surface area contributed by atoms with Crippen LogP contribution in [0.2, 0.25) is 0 Å². The molecule has 0 unspecified atom stereocenters. The predicted octanol–water partition coefficient (Wildman–Crippen LogP) is 1.64. The van der Waals surface area contributed by atoms with Crippen molar-refractivity contribution in [3.8, 4) is 0 Å².